The molecule has 1 N–H and O–H groups in total. The summed E-state index contributed by atoms with van der Waals surface area (Å²) >= 11 is 18.2. The number of hydrogen-bond acceptors (Lipinski definition) is 6. The maximum atomic E-state index is 12.9. The molecule has 1 heterocycles. The molecule has 208 valence electrons. The van der Waals surface area contributed by atoms with E-state index in [4.69, 9.17) is 44.0 Å². The van der Waals surface area contributed by atoms with Gasteiger partial charge in [-0.05, 0) is 74.5 Å². The molecular formula is C30H27Cl3N2O5. The second-order valence-corrected chi connectivity index (χ2v) is 10.3. The number of benzene rings is 3. The Labute approximate surface area is 246 Å². The number of aryl methyl sites for hydroxylation is 1. The van der Waals surface area contributed by atoms with Crippen LogP contribution in [-0.4, -0.2) is 36.4 Å². The standard InChI is InChI=1S/C30H27Cl3N2O5/c1-4-35(5-2)12-11-23-17(3)22-10-9-21(16-26(22)40-30(23)38)39-29(37)18-7-6-8-20(13-18)34-28(36)27-24(32)14-19(31)15-25(27)33/h6-10,13-16H,4-5,11-12H2,1-3H3,(H,34,36). The van der Waals surface area contributed by atoms with Gasteiger partial charge in [-0.2, -0.15) is 0 Å². The van der Waals surface area contributed by atoms with E-state index in [9.17, 15) is 14.4 Å². The molecule has 0 aliphatic rings. The zero-order chi connectivity index (χ0) is 29.0. The first-order valence-corrected chi connectivity index (χ1v) is 13.8. The van der Waals surface area contributed by atoms with E-state index in [0.29, 0.717) is 28.3 Å². The van der Waals surface area contributed by atoms with Crippen molar-refractivity contribution in [3.63, 3.8) is 0 Å². The van der Waals surface area contributed by atoms with Gasteiger partial charge in [0.15, 0.2) is 0 Å². The van der Waals surface area contributed by atoms with Crippen LogP contribution in [0.1, 0.15) is 45.7 Å². The molecule has 0 saturated carbocycles. The highest BCUT2D eigenvalue weighted by molar-refractivity contribution is 6.42. The van der Waals surface area contributed by atoms with Crippen LogP contribution in [0.15, 0.2) is 63.8 Å². The first kappa shape index (κ1) is 29.6. The minimum absolute atomic E-state index is 0.0601. The van der Waals surface area contributed by atoms with Gasteiger partial charge in [-0.1, -0.05) is 54.7 Å². The number of esters is 1. The second-order valence-electron chi connectivity index (χ2n) is 9.10. The van der Waals surface area contributed by atoms with Crippen molar-refractivity contribution in [3.05, 3.63) is 102 Å². The molecule has 0 saturated heterocycles. The Balaban J connectivity index is 1.51. The molecule has 7 nitrogen and oxygen atoms in total. The molecule has 0 atom stereocenters. The number of halogens is 3. The summed E-state index contributed by atoms with van der Waals surface area (Å²) in [6.45, 7) is 8.64. The summed E-state index contributed by atoms with van der Waals surface area (Å²) in [6.07, 6.45) is 0.589. The Hall–Kier alpha value is -3.36. The van der Waals surface area contributed by atoms with Crippen LogP contribution in [0, 0.1) is 6.92 Å². The minimum atomic E-state index is -0.659. The van der Waals surface area contributed by atoms with E-state index in [-0.39, 0.29) is 26.9 Å². The molecule has 4 aromatic rings. The van der Waals surface area contributed by atoms with Crippen LogP contribution in [0.3, 0.4) is 0 Å². The Morgan fingerprint density at radius 1 is 0.975 bits per heavy atom. The highest BCUT2D eigenvalue weighted by atomic mass is 35.5. The van der Waals surface area contributed by atoms with Crippen LogP contribution in [0.5, 0.6) is 5.75 Å². The van der Waals surface area contributed by atoms with E-state index in [1.54, 1.807) is 30.3 Å². The van der Waals surface area contributed by atoms with Gasteiger partial charge in [0.25, 0.3) is 5.91 Å². The number of amides is 1. The molecule has 1 aromatic heterocycles. The molecule has 0 spiro atoms. The van der Waals surface area contributed by atoms with Crippen molar-refractivity contribution < 1.29 is 18.7 Å². The van der Waals surface area contributed by atoms with Gasteiger partial charge >= 0.3 is 11.6 Å². The topological polar surface area (TPSA) is 88.8 Å². The summed E-state index contributed by atoms with van der Waals surface area (Å²) in [5.41, 5.74) is 2.01. The molecule has 4 rings (SSSR count). The van der Waals surface area contributed by atoms with E-state index in [1.165, 1.54) is 24.3 Å². The number of hydrogen-bond donors (Lipinski definition) is 1. The van der Waals surface area contributed by atoms with Crippen molar-refractivity contribution in [1.82, 2.24) is 4.90 Å². The Morgan fingerprint density at radius 3 is 2.35 bits per heavy atom. The van der Waals surface area contributed by atoms with Gasteiger partial charge in [-0.3, -0.25) is 4.79 Å². The third-order valence-corrected chi connectivity index (χ3v) is 7.45. The van der Waals surface area contributed by atoms with Gasteiger partial charge in [0.1, 0.15) is 11.3 Å². The summed E-state index contributed by atoms with van der Waals surface area (Å²) in [7, 11) is 0. The third-order valence-electron chi connectivity index (χ3n) is 6.63. The molecule has 0 aliphatic heterocycles. The maximum Gasteiger partial charge on any atom is 0.343 e. The smallest absolute Gasteiger partial charge is 0.343 e. The highest BCUT2D eigenvalue weighted by Crippen LogP contribution is 2.30. The highest BCUT2D eigenvalue weighted by Gasteiger charge is 2.18. The zero-order valence-corrected chi connectivity index (χ0v) is 24.4. The minimum Gasteiger partial charge on any atom is -0.423 e. The van der Waals surface area contributed by atoms with Crippen LogP contribution >= 0.6 is 34.8 Å². The molecule has 40 heavy (non-hydrogen) atoms. The van der Waals surface area contributed by atoms with Crippen molar-refractivity contribution in [2.45, 2.75) is 27.2 Å². The van der Waals surface area contributed by atoms with Crippen molar-refractivity contribution in [2.75, 3.05) is 25.0 Å². The fourth-order valence-corrected chi connectivity index (χ4v) is 5.37. The first-order valence-electron chi connectivity index (χ1n) is 12.7. The molecule has 1 amide bonds. The number of anilines is 1. The average molecular weight is 602 g/mol. The van der Waals surface area contributed by atoms with E-state index < -0.39 is 17.5 Å². The van der Waals surface area contributed by atoms with Gasteiger partial charge in [-0.25, -0.2) is 9.59 Å². The average Bonchev–Trinajstić information content (AvgIpc) is 2.90. The number of carbonyl (C=O) groups excluding carboxylic acids is 2. The predicted molar refractivity (Wildman–Crippen MR) is 160 cm³/mol. The fourth-order valence-electron chi connectivity index (χ4n) is 4.38. The lowest BCUT2D eigenvalue weighted by molar-refractivity contribution is 0.0734. The monoisotopic (exact) mass is 600 g/mol. The third kappa shape index (κ3) is 6.67. The molecular weight excluding hydrogens is 575 g/mol. The van der Waals surface area contributed by atoms with E-state index >= 15 is 0 Å². The SMILES string of the molecule is CCN(CC)CCc1c(C)c2ccc(OC(=O)c3cccc(NC(=O)c4c(Cl)cc(Cl)cc4Cl)c3)cc2oc1=O. The summed E-state index contributed by atoms with van der Waals surface area (Å²) in [4.78, 5) is 40.7. The quantitative estimate of drug-likeness (QED) is 0.122. The van der Waals surface area contributed by atoms with Crippen LogP contribution < -0.4 is 15.7 Å². The Kier molecular flexibility index (Phi) is 9.53. The molecule has 0 radical (unpaired) electrons. The molecule has 0 fully saturated rings. The molecule has 0 unspecified atom stereocenters. The zero-order valence-electron chi connectivity index (χ0n) is 22.1. The van der Waals surface area contributed by atoms with Crippen molar-refractivity contribution in [1.29, 1.82) is 0 Å². The van der Waals surface area contributed by atoms with E-state index in [0.717, 1.165) is 30.6 Å². The van der Waals surface area contributed by atoms with Crippen molar-refractivity contribution in [3.8, 4) is 5.75 Å². The molecule has 3 aromatic carbocycles. The van der Waals surface area contributed by atoms with Gasteiger partial charge in [0.05, 0.1) is 21.2 Å². The van der Waals surface area contributed by atoms with Crippen LogP contribution in [0.2, 0.25) is 15.1 Å². The van der Waals surface area contributed by atoms with Crippen molar-refractivity contribution >= 4 is 63.3 Å². The van der Waals surface area contributed by atoms with E-state index in [1.807, 2.05) is 6.92 Å². The molecule has 0 bridgehead atoms. The largest absolute Gasteiger partial charge is 0.423 e. The lowest BCUT2D eigenvalue weighted by atomic mass is 10.0. The van der Waals surface area contributed by atoms with Crippen molar-refractivity contribution in [2.24, 2.45) is 0 Å². The molecule has 0 aliphatic carbocycles. The summed E-state index contributed by atoms with van der Waals surface area (Å²) in [5.74, 6) is -1.01. The number of nitrogens with zero attached hydrogens (tertiary/aromatic N) is 1. The summed E-state index contributed by atoms with van der Waals surface area (Å²) in [5, 5.41) is 3.94. The maximum absolute atomic E-state index is 12.9. The van der Waals surface area contributed by atoms with Crippen LogP contribution in [0.25, 0.3) is 11.0 Å². The Morgan fingerprint density at radius 2 is 1.68 bits per heavy atom. The number of fused-ring (bicyclic) bond motifs is 1. The number of carbonyl (C=O) groups is 2. The normalized spacial score (nSPS) is 11.2. The number of ether oxygens (including phenoxy) is 1. The lowest BCUT2D eigenvalue weighted by Crippen LogP contribution is -2.27. The Bertz CT molecular complexity index is 1620. The number of nitrogens with one attached hydrogen (secondary N) is 1. The molecule has 10 heteroatoms. The predicted octanol–water partition coefficient (Wildman–Crippen LogP) is 7.42. The van der Waals surface area contributed by atoms with Gasteiger partial charge in [-0.15, -0.1) is 0 Å². The van der Waals surface area contributed by atoms with Gasteiger partial charge in [0, 0.05) is 34.3 Å². The van der Waals surface area contributed by atoms with Crippen LogP contribution in [-0.2, 0) is 6.42 Å². The van der Waals surface area contributed by atoms with Gasteiger partial charge in [0.2, 0.25) is 0 Å². The fraction of sp³-hybridized carbons (Fsp3) is 0.233. The number of likely N-dealkylation sites (N-methyl/N-ethyl adjacent to an activating group) is 1. The van der Waals surface area contributed by atoms with Crippen LogP contribution in [0.4, 0.5) is 5.69 Å². The van der Waals surface area contributed by atoms with E-state index in [2.05, 4.69) is 24.1 Å². The lowest BCUT2D eigenvalue weighted by Gasteiger charge is -2.18. The first-order chi connectivity index (χ1) is 19.1. The second kappa shape index (κ2) is 12.9. The summed E-state index contributed by atoms with van der Waals surface area (Å²) in [6, 6.07) is 14.0. The number of rotatable bonds is 9. The van der Waals surface area contributed by atoms with Gasteiger partial charge < -0.3 is 19.4 Å². The summed E-state index contributed by atoms with van der Waals surface area (Å²) < 4.78 is 11.1.